The minimum atomic E-state index is -0.810. The highest BCUT2D eigenvalue weighted by Crippen LogP contribution is 2.21. The Morgan fingerprint density at radius 3 is 2.67 bits per heavy atom. The molecule has 1 aliphatic heterocycles. The fourth-order valence-corrected chi connectivity index (χ4v) is 2.86. The Balaban J connectivity index is 2.07. The number of nitrogens with two attached hydrogens (primary N) is 1. The lowest BCUT2D eigenvalue weighted by molar-refractivity contribution is -0.120. The van der Waals surface area contributed by atoms with Crippen LogP contribution in [0.1, 0.15) is 45.1 Å². The highest BCUT2D eigenvalue weighted by atomic mass is 16.2. The Kier molecular flexibility index (Phi) is 5.37. The molecule has 0 aromatic heterocycles. The van der Waals surface area contributed by atoms with Gasteiger partial charge in [0.1, 0.15) is 0 Å². The van der Waals surface area contributed by atoms with Crippen molar-refractivity contribution >= 4 is 11.6 Å². The molecule has 3 N–H and O–H groups in total. The molecule has 116 valence electrons. The molecule has 1 aromatic carbocycles. The van der Waals surface area contributed by atoms with Crippen molar-refractivity contribution in [2.45, 2.75) is 51.6 Å². The van der Waals surface area contributed by atoms with Crippen molar-refractivity contribution in [1.29, 1.82) is 0 Å². The fraction of sp³-hybridized carbons (Fsp3) is 0.588. The number of anilines is 1. The van der Waals surface area contributed by atoms with Gasteiger partial charge in [-0.25, -0.2) is 0 Å². The van der Waals surface area contributed by atoms with E-state index in [9.17, 15) is 4.79 Å². The second-order valence-corrected chi connectivity index (χ2v) is 6.26. The van der Waals surface area contributed by atoms with Gasteiger partial charge >= 0.3 is 0 Å². The number of likely N-dealkylation sites (tertiary alicyclic amines) is 1. The molecule has 1 unspecified atom stereocenters. The van der Waals surface area contributed by atoms with E-state index < -0.39 is 5.54 Å². The van der Waals surface area contributed by atoms with Crippen LogP contribution in [0.25, 0.3) is 0 Å². The first-order chi connectivity index (χ1) is 10.0. The number of hydrogen-bond acceptors (Lipinski definition) is 3. The minimum Gasteiger partial charge on any atom is -0.324 e. The van der Waals surface area contributed by atoms with Gasteiger partial charge in [-0.15, -0.1) is 0 Å². The molecule has 1 atom stereocenters. The standard InChI is InChI=1S/C17H27N3O/c1-3-10-17(2,18)16(21)19-15-9-5-4-8-14(15)13-20-11-6-7-12-20/h4-5,8-9H,3,6-7,10-13,18H2,1-2H3,(H,19,21). The molecule has 1 fully saturated rings. The van der Waals surface area contributed by atoms with Crippen molar-refractivity contribution in [2.75, 3.05) is 18.4 Å². The number of rotatable bonds is 6. The first-order valence-corrected chi connectivity index (χ1v) is 7.93. The average molecular weight is 289 g/mol. The van der Waals surface area contributed by atoms with Gasteiger partial charge in [0.2, 0.25) is 5.91 Å². The molecule has 21 heavy (non-hydrogen) atoms. The molecule has 2 rings (SSSR count). The molecule has 1 aliphatic rings. The van der Waals surface area contributed by atoms with E-state index in [4.69, 9.17) is 5.73 Å². The molecule has 1 saturated heterocycles. The number of nitrogens with one attached hydrogen (secondary N) is 1. The molecule has 0 radical (unpaired) electrons. The zero-order valence-corrected chi connectivity index (χ0v) is 13.2. The summed E-state index contributed by atoms with van der Waals surface area (Å²) in [6, 6.07) is 8.03. The van der Waals surface area contributed by atoms with Crippen molar-refractivity contribution in [3.8, 4) is 0 Å². The Morgan fingerprint density at radius 1 is 1.33 bits per heavy atom. The second-order valence-electron chi connectivity index (χ2n) is 6.26. The molecule has 0 aliphatic carbocycles. The Morgan fingerprint density at radius 2 is 2.00 bits per heavy atom. The predicted octanol–water partition coefficient (Wildman–Crippen LogP) is 2.74. The molecule has 0 spiro atoms. The van der Waals surface area contributed by atoms with Crippen LogP contribution in [0.3, 0.4) is 0 Å². The smallest absolute Gasteiger partial charge is 0.244 e. The van der Waals surface area contributed by atoms with E-state index in [1.54, 1.807) is 6.92 Å². The van der Waals surface area contributed by atoms with Crippen LogP contribution in [0.5, 0.6) is 0 Å². The fourth-order valence-electron chi connectivity index (χ4n) is 2.86. The molecule has 1 aromatic rings. The van der Waals surface area contributed by atoms with Gasteiger partial charge in [-0.2, -0.15) is 0 Å². The van der Waals surface area contributed by atoms with Crippen LogP contribution < -0.4 is 11.1 Å². The van der Waals surface area contributed by atoms with Crippen molar-refractivity contribution in [3.05, 3.63) is 29.8 Å². The molecular weight excluding hydrogens is 262 g/mol. The zero-order valence-electron chi connectivity index (χ0n) is 13.2. The van der Waals surface area contributed by atoms with E-state index >= 15 is 0 Å². The molecule has 1 heterocycles. The van der Waals surface area contributed by atoms with Crippen molar-refractivity contribution in [3.63, 3.8) is 0 Å². The van der Waals surface area contributed by atoms with Crippen LogP contribution in [0, 0.1) is 0 Å². The van der Waals surface area contributed by atoms with E-state index in [1.807, 2.05) is 25.1 Å². The Labute approximate surface area is 127 Å². The number of benzene rings is 1. The third-order valence-corrected chi connectivity index (χ3v) is 4.15. The van der Waals surface area contributed by atoms with Gasteiger partial charge in [-0.1, -0.05) is 31.5 Å². The lowest BCUT2D eigenvalue weighted by Crippen LogP contribution is -2.48. The molecule has 4 nitrogen and oxygen atoms in total. The van der Waals surface area contributed by atoms with Crippen molar-refractivity contribution < 1.29 is 4.79 Å². The van der Waals surface area contributed by atoms with Gasteiger partial charge in [0.05, 0.1) is 5.54 Å². The van der Waals surface area contributed by atoms with Crippen LogP contribution in [0.4, 0.5) is 5.69 Å². The van der Waals surface area contributed by atoms with Crippen molar-refractivity contribution in [1.82, 2.24) is 4.90 Å². The highest BCUT2D eigenvalue weighted by Gasteiger charge is 2.27. The molecule has 1 amide bonds. The summed E-state index contributed by atoms with van der Waals surface area (Å²) in [4.78, 5) is 14.8. The summed E-state index contributed by atoms with van der Waals surface area (Å²) in [5.41, 5.74) is 7.36. The van der Waals surface area contributed by atoms with Gasteiger partial charge in [-0.05, 0) is 50.9 Å². The van der Waals surface area contributed by atoms with Crippen LogP contribution >= 0.6 is 0 Å². The lowest BCUT2D eigenvalue weighted by atomic mass is 9.96. The number of hydrogen-bond donors (Lipinski definition) is 2. The normalized spacial score (nSPS) is 18.4. The van der Waals surface area contributed by atoms with E-state index in [-0.39, 0.29) is 5.91 Å². The van der Waals surface area contributed by atoms with Gasteiger partial charge in [0.15, 0.2) is 0 Å². The molecule has 0 saturated carbocycles. The lowest BCUT2D eigenvalue weighted by Gasteiger charge is -2.24. The SMILES string of the molecule is CCCC(C)(N)C(=O)Nc1ccccc1CN1CCCC1. The van der Waals surface area contributed by atoms with Crippen LogP contribution in [0.15, 0.2) is 24.3 Å². The zero-order chi connectivity index (χ0) is 15.3. The predicted molar refractivity (Wildman–Crippen MR) is 87.1 cm³/mol. The van der Waals surface area contributed by atoms with Crippen molar-refractivity contribution in [2.24, 2.45) is 5.73 Å². The van der Waals surface area contributed by atoms with E-state index in [0.29, 0.717) is 6.42 Å². The number of amides is 1. The first-order valence-electron chi connectivity index (χ1n) is 7.93. The Hall–Kier alpha value is -1.39. The van der Waals surface area contributed by atoms with Crippen LogP contribution in [0.2, 0.25) is 0 Å². The monoisotopic (exact) mass is 289 g/mol. The summed E-state index contributed by atoms with van der Waals surface area (Å²) in [7, 11) is 0. The number of nitrogens with zero attached hydrogens (tertiary/aromatic N) is 1. The average Bonchev–Trinajstić information content (AvgIpc) is 2.94. The maximum atomic E-state index is 12.4. The van der Waals surface area contributed by atoms with Gasteiger partial charge in [-0.3, -0.25) is 9.69 Å². The molecule has 0 bridgehead atoms. The van der Waals surface area contributed by atoms with E-state index in [2.05, 4.69) is 16.3 Å². The summed E-state index contributed by atoms with van der Waals surface area (Å²) < 4.78 is 0. The first kappa shape index (κ1) is 16.0. The summed E-state index contributed by atoms with van der Waals surface area (Å²) >= 11 is 0. The maximum Gasteiger partial charge on any atom is 0.244 e. The highest BCUT2D eigenvalue weighted by molar-refractivity contribution is 5.98. The Bertz CT molecular complexity index is 479. The van der Waals surface area contributed by atoms with E-state index in [0.717, 1.165) is 31.7 Å². The summed E-state index contributed by atoms with van der Waals surface area (Å²) in [6.45, 7) is 7.03. The van der Waals surface area contributed by atoms with Gasteiger partial charge < -0.3 is 11.1 Å². The summed E-state index contributed by atoms with van der Waals surface area (Å²) in [5, 5.41) is 3.02. The third kappa shape index (κ3) is 4.29. The number of para-hydroxylation sites is 1. The van der Waals surface area contributed by atoms with Crippen LogP contribution in [-0.4, -0.2) is 29.4 Å². The van der Waals surface area contributed by atoms with Gasteiger partial charge in [0.25, 0.3) is 0 Å². The van der Waals surface area contributed by atoms with Gasteiger partial charge in [0, 0.05) is 12.2 Å². The number of carbonyl (C=O) groups excluding carboxylic acids is 1. The van der Waals surface area contributed by atoms with E-state index in [1.165, 1.54) is 18.4 Å². The quantitative estimate of drug-likeness (QED) is 0.846. The summed E-state index contributed by atoms with van der Waals surface area (Å²) in [5.74, 6) is -0.0989. The topological polar surface area (TPSA) is 58.4 Å². The molecule has 4 heteroatoms. The minimum absolute atomic E-state index is 0.0989. The summed E-state index contributed by atoms with van der Waals surface area (Å²) in [6.07, 6.45) is 4.13. The maximum absolute atomic E-state index is 12.4. The largest absolute Gasteiger partial charge is 0.324 e. The second kappa shape index (κ2) is 7.05. The number of carbonyl (C=O) groups is 1. The van der Waals surface area contributed by atoms with Crippen LogP contribution in [-0.2, 0) is 11.3 Å². The third-order valence-electron chi connectivity index (χ3n) is 4.15. The molecular formula is C17H27N3O.